The first kappa shape index (κ1) is 17.4. The predicted octanol–water partition coefficient (Wildman–Crippen LogP) is 4.34. The Morgan fingerprint density at radius 3 is 2.48 bits per heavy atom. The maximum atomic E-state index is 12.7. The number of carbonyl (C=O) groups excluding carboxylic acids is 1. The van der Waals surface area contributed by atoms with Gasteiger partial charge in [-0.05, 0) is 62.1 Å². The van der Waals surface area contributed by atoms with Crippen molar-refractivity contribution < 1.29 is 9.21 Å². The highest BCUT2D eigenvalue weighted by Gasteiger charge is 2.17. The second-order valence-electron chi connectivity index (χ2n) is 5.96. The topological polar surface area (TPSA) is 68.9 Å². The van der Waals surface area contributed by atoms with Crippen LogP contribution in [0.15, 0.2) is 40.2 Å². The molecule has 0 saturated heterocycles. The number of carbonyl (C=O) groups is 1. The number of aryl methyl sites for hydroxylation is 2. The Kier molecular flexibility index (Phi) is 4.99. The van der Waals surface area contributed by atoms with Gasteiger partial charge in [-0.1, -0.05) is 17.8 Å². The first-order valence-electron chi connectivity index (χ1n) is 7.94. The molecule has 128 valence electrons. The van der Waals surface area contributed by atoms with Crippen LogP contribution in [0.4, 0.5) is 0 Å². The van der Waals surface area contributed by atoms with Crippen LogP contribution in [0.1, 0.15) is 32.6 Å². The van der Waals surface area contributed by atoms with E-state index in [9.17, 15) is 4.79 Å². The first-order chi connectivity index (χ1) is 12.0. The average Bonchev–Trinajstić information content (AvgIpc) is 3.08. The molecule has 0 atom stereocenters. The minimum Gasteiger partial charge on any atom is -0.411 e. The lowest BCUT2D eigenvalue weighted by Gasteiger charge is -2.13. The SMILES string of the molecule is Cc1cc(C)c(C)c(C(=O)CSc2nnc(-c3cccnc3)o2)c1C. The molecule has 0 bridgehead atoms. The standard InChI is InChI=1S/C19H19N3O2S/c1-11-8-12(2)14(4)17(13(11)3)16(23)10-25-19-22-21-18(24-19)15-6-5-7-20-9-15/h5-9H,10H2,1-4H3. The van der Waals surface area contributed by atoms with E-state index in [1.807, 2.05) is 39.8 Å². The van der Waals surface area contributed by atoms with Crippen LogP contribution in [0.2, 0.25) is 0 Å². The molecule has 0 fully saturated rings. The molecule has 25 heavy (non-hydrogen) atoms. The van der Waals surface area contributed by atoms with E-state index in [-0.39, 0.29) is 11.5 Å². The number of thioether (sulfide) groups is 1. The number of hydrogen-bond donors (Lipinski definition) is 0. The van der Waals surface area contributed by atoms with Crippen molar-refractivity contribution >= 4 is 17.5 Å². The number of benzene rings is 1. The molecular weight excluding hydrogens is 334 g/mol. The largest absolute Gasteiger partial charge is 0.411 e. The van der Waals surface area contributed by atoms with E-state index >= 15 is 0 Å². The summed E-state index contributed by atoms with van der Waals surface area (Å²) in [7, 11) is 0. The van der Waals surface area contributed by atoms with Crippen molar-refractivity contribution in [1.29, 1.82) is 0 Å². The van der Waals surface area contributed by atoms with Crippen molar-refractivity contribution in [2.45, 2.75) is 32.9 Å². The van der Waals surface area contributed by atoms with Crippen molar-refractivity contribution in [3.05, 3.63) is 58.4 Å². The predicted molar refractivity (Wildman–Crippen MR) is 98.0 cm³/mol. The molecule has 0 aliphatic rings. The second kappa shape index (κ2) is 7.19. The summed E-state index contributed by atoms with van der Waals surface area (Å²) in [5.41, 5.74) is 5.90. The van der Waals surface area contributed by atoms with Crippen molar-refractivity contribution in [3.8, 4) is 11.5 Å². The normalized spacial score (nSPS) is 10.9. The van der Waals surface area contributed by atoms with Gasteiger partial charge < -0.3 is 4.42 Å². The van der Waals surface area contributed by atoms with Gasteiger partial charge in [0.2, 0.25) is 5.89 Å². The van der Waals surface area contributed by atoms with Gasteiger partial charge in [-0.25, -0.2) is 0 Å². The van der Waals surface area contributed by atoms with Crippen LogP contribution in [0.5, 0.6) is 0 Å². The van der Waals surface area contributed by atoms with E-state index in [1.165, 1.54) is 11.8 Å². The van der Waals surface area contributed by atoms with E-state index in [0.717, 1.165) is 33.4 Å². The average molecular weight is 353 g/mol. The Hall–Kier alpha value is -2.47. The number of pyridine rings is 1. The molecule has 2 heterocycles. The number of rotatable bonds is 5. The fourth-order valence-corrected chi connectivity index (χ4v) is 3.34. The van der Waals surface area contributed by atoms with Gasteiger partial charge in [0.1, 0.15) is 0 Å². The maximum absolute atomic E-state index is 12.7. The highest BCUT2D eigenvalue weighted by Crippen LogP contribution is 2.26. The molecule has 0 amide bonds. The zero-order valence-corrected chi connectivity index (χ0v) is 15.5. The van der Waals surface area contributed by atoms with Crippen LogP contribution >= 0.6 is 11.8 Å². The van der Waals surface area contributed by atoms with Gasteiger partial charge in [-0.15, -0.1) is 10.2 Å². The van der Waals surface area contributed by atoms with E-state index in [2.05, 4.69) is 21.2 Å². The van der Waals surface area contributed by atoms with Gasteiger partial charge in [-0.2, -0.15) is 0 Å². The molecule has 0 aliphatic carbocycles. The molecule has 3 aromatic rings. The minimum absolute atomic E-state index is 0.0768. The molecule has 0 aliphatic heterocycles. The Balaban J connectivity index is 1.75. The fraction of sp³-hybridized carbons (Fsp3) is 0.263. The van der Waals surface area contributed by atoms with Gasteiger partial charge in [0.25, 0.3) is 5.22 Å². The highest BCUT2D eigenvalue weighted by molar-refractivity contribution is 7.99. The maximum Gasteiger partial charge on any atom is 0.277 e. The van der Waals surface area contributed by atoms with Crippen LogP contribution in [0.25, 0.3) is 11.5 Å². The van der Waals surface area contributed by atoms with Crippen LogP contribution in [0.3, 0.4) is 0 Å². The third-order valence-corrected chi connectivity index (χ3v) is 5.11. The summed E-state index contributed by atoms with van der Waals surface area (Å²) in [5, 5.41) is 8.40. The van der Waals surface area contributed by atoms with Gasteiger partial charge in [0.15, 0.2) is 5.78 Å². The molecule has 0 radical (unpaired) electrons. The number of Topliss-reactive ketones (excluding diaryl/α,β-unsaturated/α-hetero) is 1. The number of aromatic nitrogens is 3. The minimum atomic E-state index is 0.0768. The van der Waals surface area contributed by atoms with Crippen LogP contribution in [-0.2, 0) is 0 Å². The lowest BCUT2D eigenvalue weighted by molar-refractivity contribution is 0.102. The summed E-state index contributed by atoms with van der Waals surface area (Å²) < 4.78 is 5.61. The summed E-state index contributed by atoms with van der Waals surface area (Å²) >= 11 is 1.26. The summed E-state index contributed by atoms with van der Waals surface area (Å²) in [4.78, 5) is 16.8. The molecule has 0 saturated carbocycles. The number of hydrogen-bond acceptors (Lipinski definition) is 6. The summed E-state index contributed by atoms with van der Waals surface area (Å²) in [6.07, 6.45) is 3.35. The zero-order chi connectivity index (χ0) is 18.0. The number of ketones is 1. The quantitative estimate of drug-likeness (QED) is 0.502. The number of nitrogens with zero attached hydrogens (tertiary/aromatic N) is 3. The molecule has 2 aromatic heterocycles. The zero-order valence-electron chi connectivity index (χ0n) is 14.7. The Labute approximate surface area is 150 Å². The van der Waals surface area contributed by atoms with Crippen LogP contribution < -0.4 is 0 Å². The van der Waals surface area contributed by atoms with Crippen molar-refractivity contribution in [3.63, 3.8) is 0 Å². The van der Waals surface area contributed by atoms with Gasteiger partial charge in [0, 0.05) is 18.0 Å². The van der Waals surface area contributed by atoms with E-state index in [4.69, 9.17) is 4.42 Å². The van der Waals surface area contributed by atoms with Gasteiger partial charge in [-0.3, -0.25) is 9.78 Å². The lowest BCUT2D eigenvalue weighted by Crippen LogP contribution is -2.10. The third-order valence-electron chi connectivity index (χ3n) is 4.29. The highest BCUT2D eigenvalue weighted by atomic mass is 32.2. The summed E-state index contributed by atoms with van der Waals surface area (Å²) in [6, 6.07) is 5.77. The van der Waals surface area contributed by atoms with Crippen molar-refractivity contribution in [2.24, 2.45) is 0 Å². The molecule has 0 N–H and O–H groups in total. The second-order valence-corrected chi connectivity index (χ2v) is 6.89. The fourth-order valence-electron chi connectivity index (χ4n) is 2.71. The lowest BCUT2D eigenvalue weighted by atomic mass is 9.92. The smallest absolute Gasteiger partial charge is 0.277 e. The van der Waals surface area contributed by atoms with Gasteiger partial charge in [0.05, 0.1) is 11.3 Å². The van der Waals surface area contributed by atoms with E-state index in [1.54, 1.807) is 12.4 Å². The molecule has 0 spiro atoms. The summed E-state index contributed by atoms with van der Waals surface area (Å²) in [6.45, 7) is 8.05. The van der Waals surface area contributed by atoms with Crippen LogP contribution in [-0.4, -0.2) is 26.7 Å². The molecule has 1 aromatic carbocycles. The molecular formula is C19H19N3O2S. The van der Waals surface area contributed by atoms with E-state index < -0.39 is 0 Å². The first-order valence-corrected chi connectivity index (χ1v) is 8.93. The molecule has 5 nitrogen and oxygen atoms in total. The van der Waals surface area contributed by atoms with Crippen molar-refractivity contribution in [1.82, 2.24) is 15.2 Å². The van der Waals surface area contributed by atoms with Gasteiger partial charge >= 0.3 is 0 Å². The molecule has 6 heteroatoms. The Morgan fingerprint density at radius 1 is 1.12 bits per heavy atom. The van der Waals surface area contributed by atoms with Crippen LogP contribution in [0, 0.1) is 27.7 Å². The molecule has 3 rings (SSSR count). The van der Waals surface area contributed by atoms with Crippen molar-refractivity contribution in [2.75, 3.05) is 5.75 Å². The summed E-state index contributed by atoms with van der Waals surface area (Å²) in [5.74, 6) is 0.744. The third kappa shape index (κ3) is 3.64. The Morgan fingerprint density at radius 2 is 1.84 bits per heavy atom. The molecule has 0 unspecified atom stereocenters. The monoisotopic (exact) mass is 353 g/mol. The Bertz CT molecular complexity index is 894. The van der Waals surface area contributed by atoms with E-state index in [0.29, 0.717) is 11.1 Å².